The van der Waals surface area contributed by atoms with E-state index >= 15 is 0 Å². The predicted molar refractivity (Wildman–Crippen MR) is 58.1 cm³/mol. The topological polar surface area (TPSA) is 51.0 Å². The number of ketones is 1. The van der Waals surface area contributed by atoms with E-state index in [9.17, 15) is 18.0 Å². The third kappa shape index (κ3) is 2.24. The Hall–Kier alpha value is -1.44. The molecule has 1 aliphatic carbocycles. The molecule has 2 aliphatic rings. The molecule has 8 heteroatoms. The number of hydrogen-bond acceptors (Lipinski definition) is 4. The molecule has 1 saturated carbocycles. The van der Waals surface area contributed by atoms with Crippen molar-refractivity contribution in [2.75, 3.05) is 6.54 Å². The van der Waals surface area contributed by atoms with Crippen molar-refractivity contribution in [3.63, 3.8) is 0 Å². The Bertz CT molecular complexity index is 511. The molecule has 3 rings (SSSR count). The normalized spacial score (nSPS) is 24.8. The Morgan fingerprint density at radius 3 is 2.63 bits per heavy atom. The molecule has 1 aromatic rings. The van der Waals surface area contributed by atoms with Crippen LogP contribution in [0.4, 0.5) is 13.2 Å². The molecular formula is C11H13F3N4O. The maximum absolute atomic E-state index is 12.7. The fraction of sp³-hybridized carbons (Fsp3) is 0.727. The number of rotatable bonds is 1. The maximum Gasteiger partial charge on any atom is 0.451 e. The molecule has 0 spiro atoms. The summed E-state index contributed by atoms with van der Waals surface area (Å²) in [7, 11) is 0. The van der Waals surface area contributed by atoms with E-state index in [1.165, 1.54) is 0 Å². The minimum Gasteiger partial charge on any atom is -0.305 e. The highest BCUT2D eigenvalue weighted by molar-refractivity contribution is 5.81. The van der Waals surface area contributed by atoms with Gasteiger partial charge in [-0.05, 0) is 6.42 Å². The van der Waals surface area contributed by atoms with Crippen molar-refractivity contribution in [1.82, 2.24) is 19.7 Å². The quantitative estimate of drug-likeness (QED) is 0.773. The Balaban J connectivity index is 1.78. The average molecular weight is 274 g/mol. The van der Waals surface area contributed by atoms with Crippen LogP contribution in [0.3, 0.4) is 0 Å². The van der Waals surface area contributed by atoms with Crippen LogP contribution in [-0.4, -0.2) is 38.0 Å². The van der Waals surface area contributed by atoms with Gasteiger partial charge in [0.05, 0.1) is 6.54 Å². The summed E-state index contributed by atoms with van der Waals surface area (Å²) in [6.07, 6.45) is -2.60. The fourth-order valence-electron chi connectivity index (χ4n) is 2.80. The monoisotopic (exact) mass is 274 g/mol. The second-order valence-electron chi connectivity index (χ2n) is 5.00. The average Bonchev–Trinajstić information content (AvgIpc) is 2.92. The fourth-order valence-corrected chi connectivity index (χ4v) is 2.80. The molecule has 0 aromatic carbocycles. The first-order chi connectivity index (χ1) is 8.95. The van der Waals surface area contributed by atoms with Crippen molar-refractivity contribution >= 4 is 5.78 Å². The van der Waals surface area contributed by atoms with Gasteiger partial charge in [-0.1, -0.05) is 0 Å². The van der Waals surface area contributed by atoms with E-state index in [0.717, 1.165) is 11.0 Å². The smallest absolute Gasteiger partial charge is 0.305 e. The molecule has 104 valence electrons. The van der Waals surface area contributed by atoms with Crippen LogP contribution in [0.2, 0.25) is 0 Å². The lowest BCUT2D eigenvalue weighted by molar-refractivity contribution is -0.148. The van der Waals surface area contributed by atoms with Crippen molar-refractivity contribution in [3.05, 3.63) is 11.6 Å². The van der Waals surface area contributed by atoms with Crippen LogP contribution in [-0.2, 0) is 24.1 Å². The van der Waals surface area contributed by atoms with Crippen LogP contribution in [0.5, 0.6) is 0 Å². The van der Waals surface area contributed by atoms with Crippen molar-refractivity contribution in [2.24, 2.45) is 0 Å². The van der Waals surface area contributed by atoms with E-state index < -0.39 is 12.0 Å². The zero-order valence-corrected chi connectivity index (χ0v) is 10.2. The zero-order valence-electron chi connectivity index (χ0n) is 10.2. The highest BCUT2D eigenvalue weighted by Crippen LogP contribution is 2.31. The lowest BCUT2D eigenvalue weighted by Gasteiger charge is -2.32. The molecule has 1 aromatic heterocycles. The number of nitrogens with zero attached hydrogens (tertiary/aromatic N) is 4. The van der Waals surface area contributed by atoms with Gasteiger partial charge in [-0.2, -0.15) is 13.2 Å². The van der Waals surface area contributed by atoms with E-state index in [4.69, 9.17) is 0 Å². The summed E-state index contributed by atoms with van der Waals surface area (Å²) < 4.78 is 39.2. The molecule has 1 aliphatic heterocycles. The first-order valence-corrected chi connectivity index (χ1v) is 6.20. The Morgan fingerprint density at radius 1 is 1.21 bits per heavy atom. The molecule has 5 nitrogen and oxygen atoms in total. The molecule has 1 fully saturated rings. The summed E-state index contributed by atoms with van der Waals surface area (Å²) in [5.41, 5.74) is 0. The van der Waals surface area contributed by atoms with Crippen LogP contribution >= 0.6 is 0 Å². The van der Waals surface area contributed by atoms with Gasteiger partial charge in [0.2, 0.25) is 5.82 Å². The first-order valence-electron chi connectivity index (χ1n) is 6.20. The molecule has 0 saturated heterocycles. The summed E-state index contributed by atoms with van der Waals surface area (Å²) in [5, 5.41) is 6.87. The van der Waals surface area contributed by atoms with Crippen molar-refractivity contribution in [3.8, 4) is 0 Å². The molecule has 1 unspecified atom stereocenters. The van der Waals surface area contributed by atoms with Gasteiger partial charge in [0.1, 0.15) is 11.6 Å². The predicted octanol–water partition coefficient (Wildman–Crippen LogP) is 1.23. The Morgan fingerprint density at radius 2 is 2.00 bits per heavy atom. The molecule has 2 heterocycles. The molecule has 1 atom stereocenters. The number of carbonyl (C=O) groups is 1. The summed E-state index contributed by atoms with van der Waals surface area (Å²) in [5.74, 6) is -0.365. The van der Waals surface area contributed by atoms with E-state index in [1.54, 1.807) is 0 Å². The SMILES string of the molecule is O=C1CCC(N2CCn3c(nnc3C(F)(F)F)C2)C1. The van der Waals surface area contributed by atoms with Crippen molar-refractivity contribution in [1.29, 1.82) is 0 Å². The van der Waals surface area contributed by atoms with Gasteiger partial charge in [-0.15, -0.1) is 10.2 Å². The lowest BCUT2D eigenvalue weighted by atomic mass is 10.2. The van der Waals surface area contributed by atoms with E-state index in [2.05, 4.69) is 10.2 Å². The number of alkyl halides is 3. The van der Waals surface area contributed by atoms with Crippen LogP contribution in [0.15, 0.2) is 0 Å². The minimum absolute atomic E-state index is 0.146. The minimum atomic E-state index is -4.46. The van der Waals surface area contributed by atoms with E-state index in [1.807, 2.05) is 4.90 Å². The number of Topliss-reactive ketones (excluding diaryl/α,β-unsaturated/α-hetero) is 1. The summed E-state index contributed by atoms with van der Waals surface area (Å²) in [6, 6.07) is 0.146. The summed E-state index contributed by atoms with van der Waals surface area (Å²) in [4.78, 5) is 13.3. The molecular weight excluding hydrogens is 261 g/mol. The van der Waals surface area contributed by atoms with Crippen molar-refractivity contribution in [2.45, 2.75) is 44.6 Å². The van der Waals surface area contributed by atoms with Gasteiger partial charge in [0.15, 0.2) is 0 Å². The first kappa shape index (κ1) is 12.6. The van der Waals surface area contributed by atoms with Crippen LogP contribution in [0, 0.1) is 0 Å². The van der Waals surface area contributed by atoms with Crippen LogP contribution < -0.4 is 0 Å². The van der Waals surface area contributed by atoms with Gasteiger partial charge in [-0.25, -0.2) is 0 Å². The highest BCUT2D eigenvalue weighted by atomic mass is 19.4. The second-order valence-corrected chi connectivity index (χ2v) is 5.00. The lowest BCUT2D eigenvalue weighted by Crippen LogP contribution is -2.41. The van der Waals surface area contributed by atoms with Gasteiger partial charge in [0.25, 0.3) is 0 Å². The molecule has 19 heavy (non-hydrogen) atoms. The molecule has 0 N–H and O–H groups in total. The number of hydrogen-bond donors (Lipinski definition) is 0. The van der Waals surface area contributed by atoms with Gasteiger partial charge in [-0.3, -0.25) is 9.69 Å². The molecule has 0 amide bonds. The number of carbonyl (C=O) groups excluding carboxylic acids is 1. The van der Waals surface area contributed by atoms with Gasteiger partial charge >= 0.3 is 6.18 Å². The van der Waals surface area contributed by atoms with Crippen LogP contribution in [0.25, 0.3) is 0 Å². The third-order valence-electron chi connectivity index (χ3n) is 3.77. The number of halogens is 3. The van der Waals surface area contributed by atoms with E-state index in [-0.39, 0.29) is 18.4 Å². The number of aromatic nitrogens is 3. The largest absolute Gasteiger partial charge is 0.451 e. The summed E-state index contributed by atoms with van der Waals surface area (Å²) in [6.45, 7) is 1.06. The Kier molecular flexibility index (Phi) is 2.84. The zero-order chi connectivity index (χ0) is 13.6. The maximum atomic E-state index is 12.7. The summed E-state index contributed by atoms with van der Waals surface area (Å²) >= 11 is 0. The molecule has 0 radical (unpaired) electrons. The molecule has 0 bridgehead atoms. The van der Waals surface area contributed by atoms with Gasteiger partial charge < -0.3 is 4.57 Å². The number of fused-ring (bicyclic) bond motifs is 1. The highest BCUT2D eigenvalue weighted by Gasteiger charge is 2.40. The third-order valence-corrected chi connectivity index (χ3v) is 3.77. The van der Waals surface area contributed by atoms with Crippen LogP contribution in [0.1, 0.15) is 30.9 Å². The standard InChI is InChI=1S/C11H13F3N4O/c12-11(13,14)10-16-15-9-6-17(3-4-18(9)10)7-1-2-8(19)5-7/h7H,1-6H2. The van der Waals surface area contributed by atoms with Gasteiger partial charge in [0, 0.05) is 32.0 Å². The Labute approximate surface area is 107 Å². The second kappa shape index (κ2) is 4.29. The van der Waals surface area contributed by atoms with Crippen molar-refractivity contribution < 1.29 is 18.0 Å². The van der Waals surface area contributed by atoms with E-state index in [0.29, 0.717) is 31.8 Å².